The van der Waals surface area contributed by atoms with Gasteiger partial charge in [0.05, 0.1) is 5.54 Å². The van der Waals surface area contributed by atoms with E-state index in [1.54, 1.807) is 13.8 Å². The third-order valence-electron chi connectivity index (χ3n) is 2.74. The molecule has 1 aliphatic rings. The molecule has 0 aromatic carbocycles. The highest BCUT2D eigenvalue weighted by Crippen LogP contribution is 2.23. The van der Waals surface area contributed by atoms with Crippen LogP contribution in [0.15, 0.2) is 0 Å². The minimum absolute atomic E-state index is 0.0550. The molecule has 0 saturated heterocycles. The average Bonchev–Trinajstić information content (AvgIpc) is 2.51. The molecule has 1 amide bonds. The smallest absolute Gasteiger partial charge is 0.242 e. The third kappa shape index (κ3) is 2.44. The van der Waals surface area contributed by atoms with E-state index in [1.807, 2.05) is 11.9 Å². The Labute approximate surface area is 80.3 Å². The summed E-state index contributed by atoms with van der Waals surface area (Å²) in [5.41, 5.74) is 5.03. The number of amides is 1. The van der Waals surface area contributed by atoms with Crippen molar-refractivity contribution in [3.05, 3.63) is 0 Å². The van der Waals surface area contributed by atoms with E-state index in [9.17, 15) is 4.79 Å². The number of hydrogen-bond donors (Lipinski definition) is 1. The van der Waals surface area contributed by atoms with Crippen LogP contribution < -0.4 is 5.73 Å². The van der Waals surface area contributed by atoms with E-state index in [1.165, 1.54) is 12.8 Å². The first-order chi connectivity index (χ1) is 5.93. The molecule has 0 bridgehead atoms. The van der Waals surface area contributed by atoms with Gasteiger partial charge >= 0.3 is 0 Å². The fourth-order valence-electron chi connectivity index (χ4n) is 1.91. The lowest BCUT2D eigenvalue weighted by Gasteiger charge is -2.30. The summed E-state index contributed by atoms with van der Waals surface area (Å²) in [6, 6.07) is 0.426. The van der Waals surface area contributed by atoms with Gasteiger partial charge in [-0.05, 0) is 26.7 Å². The van der Waals surface area contributed by atoms with Crippen LogP contribution in [0.3, 0.4) is 0 Å². The van der Waals surface area contributed by atoms with Gasteiger partial charge in [-0.3, -0.25) is 4.79 Å². The number of hydrogen-bond acceptors (Lipinski definition) is 2. The molecule has 0 aliphatic heterocycles. The van der Waals surface area contributed by atoms with E-state index in [-0.39, 0.29) is 5.91 Å². The molecule has 0 heterocycles. The van der Waals surface area contributed by atoms with Gasteiger partial charge in [-0.15, -0.1) is 0 Å². The second-order valence-electron chi connectivity index (χ2n) is 4.58. The molecule has 13 heavy (non-hydrogen) atoms. The van der Waals surface area contributed by atoms with Gasteiger partial charge in [0.15, 0.2) is 0 Å². The maximum Gasteiger partial charge on any atom is 0.242 e. The molecule has 1 fully saturated rings. The quantitative estimate of drug-likeness (QED) is 0.699. The topological polar surface area (TPSA) is 46.3 Å². The van der Waals surface area contributed by atoms with Crippen LogP contribution in [-0.2, 0) is 4.79 Å². The van der Waals surface area contributed by atoms with Crippen LogP contribution in [0.25, 0.3) is 0 Å². The fourth-order valence-corrected chi connectivity index (χ4v) is 1.91. The van der Waals surface area contributed by atoms with Gasteiger partial charge < -0.3 is 10.6 Å². The third-order valence-corrected chi connectivity index (χ3v) is 2.74. The molecular formula is C10H20N2O. The van der Waals surface area contributed by atoms with Crippen LogP contribution in [-0.4, -0.2) is 29.4 Å². The van der Waals surface area contributed by atoms with E-state index in [4.69, 9.17) is 5.73 Å². The Kier molecular flexibility index (Phi) is 2.96. The predicted octanol–water partition coefficient (Wildman–Crippen LogP) is 1.12. The van der Waals surface area contributed by atoms with E-state index in [2.05, 4.69) is 0 Å². The molecule has 0 spiro atoms. The second-order valence-corrected chi connectivity index (χ2v) is 4.58. The van der Waals surface area contributed by atoms with Crippen molar-refractivity contribution >= 4 is 5.91 Å². The molecule has 0 radical (unpaired) electrons. The van der Waals surface area contributed by atoms with E-state index < -0.39 is 5.54 Å². The number of nitrogens with zero attached hydrogens (tertiary/aromatic N) is 1. The Morgan fingerprint density at radius 3 is 2.23 bits per heavy atom. The van der Waals surface area contributed by atoms with Crippen molar-refractivity contribution in [2.45, 2.75) is 51.1 Å². The highest BCUT2D eigenvalue weighted by molar-refractivity contribution is 5.85. The molecule has 2 N–H and O–H groups in total. The van der Waals surface area contributed by atoms with Gasteiger partial charge in [0.2, 0.25) is 5.91 Å². The molecule has 3 nitrogen and oxygen atoms in total. The average molecular weight is 184 g/mol. The highest BCUT2D eigenvalue weighted by atomic mass is 16.2. The summed E-state index contributed by atoms with van der Waals surface area (Å²) in [6.07, 6.45) is 4.76. The second kappa shape index (κ2) is 3.66. The van der Waals surface area contributed by atoms with Crippen molar-refractivity contribution < 1.29 is 4.79 Å². The Balaban J connectivity index is 2.56. The molecule has 0 unspecified atom stereocenters. The number of rotatable bonds is 2. The van der Waals surface area contributed by atoms with Crippen molar-refractivity contribution in [2.24, 2.45) is 5.73 Å². The first-order valence-corrected chi connectivity index (χ1v) is 4.99. The first kappa shape index (κ1) is 10.5. The summed E-state index contributed by atoms with van der Waals surface area (Å²) in [6.45, 7) is 3.53. The lowest BCUT2D eigenvalue weighted by atomic mass is 10.0. The van der Waals surface area contributed by atoms with Crippen LogP contribution in [0.4, 0.5) is 0 Å². The van der Waals surface area contributed by atoms with Gasteiger partial charge in [-0.1, -0.05) is 12.8 Å². The van der Waals surface area contributed by atoms with Crippen LogP contribution in [0.5, 0.6) is 0 Å². The Hall–Kier alpha value is -0.570. The number of likely N-dealkylation sites (N-methyl/N-ethyl adjacent to an activating group) is 1. The van der Waals surface area contributed by atoms with Crippen LogP contribution in [0.2, 0.25) is 0 Å². The van der Waals surface area contributed by atoms with Crippen molar-refractivity contribution in [1.82, 2.24) is 4.90 Å². The van der Waals surface area contributed by atoms with Crippen LogP contribution >= 0.6 is 0 Å². The van der Waals surface area contributed by atoms with Crippen molar-refractivity contribution in [1.29, 1.82) is 0 Å². The van der Waals surface area contributed by atoms with Gasteiger partial charge in [0.25, 0.3) is 0 Å². The summed E-state index contributed by atoms with van der Waals surface area (Å²) in [5, 5.41) is 0. The molecule has 3 heteroatoms. The molecular weight excluding hydrogens is 164 g/mol. The van der Waals surface area contributed by atoms with Gasteiger partial charge in [0, 0.05) is 13.1 Å². The lowest BCUT2D eigenvalue weighted by molar-refractivity contribution is -0.136. The molecule has 0 aromatic heterocycles. The van der Waals surface area contributed by atoms with E-state index in [0.29, 0.717) is 6.04 Å². The van der Waals surface area contributed by atoms with E-state index >= 15 is 0 Å². The number of nitrogens with two attached hydrogens (primary N) is 1. The maximum atomic E-state index is 11.8. The minimum atomic E-state index is -0.725. The highest BCUT2D eigenvalue weighted by Gasteiger charge is 2.30. The lowest BCUT2D eigenvalue weighted by Crippen LogP contribution is -2.52. The van der Waals surface area contributed by atoms with Gasteiger partial charge in [-0.2, -0.15) is 0 Å². The minimum Gasteiger partial charge on any atom is -0.341 e. The molecule has 1 rings (SSSR count). The van der Waals surface area contributed by atoms with Crippen LogP contribution in [0.1, 0.15) is 39.5 Å². The molecule has 0 aromatic rings. The summed E-state index contributed by atoms with van der Waals surface area (Å²) >= 11 is 0. The largest absolute Gasteiger partial charge is 0.341 e. The first-order valence-electron chi connectivity index (χ1n) is 4.99. The van der Waals surface area contributed by atoms with Gasteiger partial charge in [0.1, 0.15) is 0 Å². The monoisotopic (exact) mass is 184 g/mol. The van der Waals surface area contributed by atoms with Crippen molar-refractivity contribution in [2.75, 3.05) is 7.05 Å². The predicted molar refractivity (Wildman–Crippen MR) is 53.3 cm³/mol. The molecule has 1 aliphatic carbocycles. The number of carbonyl (C=O) groups excluding carboxylic acids is 1. The normalized spacial score (nSPS) is 19.1. The summed E-state index contributed by atoms with van der Waals surface area (Å²) in [4.78, 5) is 13.6. The Bertz CT molecular complexity index is 190. The maximum absolute atomic E-state index is 11.8. The number of carbonyl (C=O) groups is 1. The zero-order valence-electron chi connectivity index (χ0n) is 8.84. The summed E-state index contributed by atoms with van der Waals surface area (Å²) in [7, 11) is 1.87. The molecule has 1 saturated carbocycles. The molecule has 0 atom stereocenters. The molecule has 76 valence electrons. The Morgan fingerprint density at radius 2 is 1.85 bits per heavy atom. The van der Waals surface area contributed by atoms with Gasteiger partial charge in [-0.25, -0.2) is 0 Å². The van der Waals surface area contributed by atoms with Crippen molar-refractivity contribution in [3.63, 3.8) is 0 Å². The van der Waals surface area contributed by atoms with E-state index in [0.717, 1.165) is 12.8 Å². The zero-order chi connectivity index (χ0) is 10.1. The summed E-state index contributed by atoms with van der Waals surface area (Å²) < 4.78 is 0. The SMILES string of the molecule is CN(C(=O)C(C)(C)N)C1CCCC1. The summed E-state index contributed by atoms with van der Waals surface area (Å²) in [5.74, 6) is 0.0550. The van der Waals surface area contributed by atoms with Crippen molar-refractivity contribution in [3.8, 4) is 0 Å². The fraction of sp³-hybridized carbons (Fsp3) is 0.900. The Morgan fingerprint density at radius 1 is 1.38 bits per heavy atom. The zero-order valence-corrected chi connectivity index (χ0v) is 8.84. The standard InChI is InChI=1S/C10H20N2O/c1-10(2,11)9(13)12(3)8-6-4-5-7-8/h8H,4-7,11H2,1-3H3. The van der Waals surface area contributed by atoms with Crippen LogP contribution in [0, 0.1) is 0 Å².